The van der Waals surface area contributed by atoms with Crippen LogP contribution in [0.1, 0.15) is 24.3 Å². The highest BCUT2D eigenvalue weighted by Crippen LogP contribution is 2.39. The average molecular weight is 286 g/mol. The molecule has 0 unspecified atom stereocenters. The van der Waals surface area contributed by atoms with Crippen LogP contribution < -0.4 is 5.32 Å². The number of hydrogen-bond donors (Lipinski definition) is 1. The van der Waals surface area contributed by atoms with Crippen molar-refractivity contribution in [2.75, 3.05) is 5.32 Å². The minimum atomic E-state index is -0.594. The Morgan fingerprint density at radius 3 is 2.52 bits per heavy atom. The Bertz CT molecular complexity index is 655. The van der Waals surface area contributed by atoms with E-state index in [1.165, 1.54) is 17.7 Å². The zero-order chi connectivity index (χ0) is 14.8. The Kier molecular flexibility index (Phi) is 3.56. The Balaban J connectivity index is 1.66. The summed E-state index contributed by atoms with van der Waals surface area (Å²) >= 11 is 0. The summed E-state index contributed by atoms with van der Waals surface area (Å²) in [5.41, 5.74) is 1.47. The summed E-state index contributed by atoms with van der Waals surface area (Å²) in [5, 5.41) is 14.1. The Hall–Kier alpha value is -2.43. The standard InChI is InChI=1S/C16H15FN2O2/c17-13-6-7-15(16(10-13)19(20)21)18-14-8-12(9-14)11-4-2-1-3-5-11/h1-7,10,12,14,18H,8-9H2. The van der Waals surface area contributed by atoms with Gasteiger partial charge in [-0.15, -0.1) is 0 Å². The second kappa shape index (κ2) is 5.52. The van der Waals surface area contributed by atoms with Crippen LogP contribution in [0.3, 0.4) is 0 Å². The SMILES string of the molecule is O=[N+]([O-])c1cc(F)ccc1NC1CC(c2ccccc2)C1. The van der Waals surface area contributed by atoms with Crippen molar-refractivity contribution >= 4 is 11.4 Å². The lowest BCUT2D eigenvalue weighted by Crippen LogP contribution is -2.34. The third-order valence-corrected chi connectivity index (χ3v) is 3.93. The van der Waals surface area contributed by atoms with Gasteiger partial charge >= 0.3 is 0 Å². The Morgan fingerprint density at radius 1 is 1.14 bits per heavy atom. The van der Waals surface area contributed by atoms with Gasteiger partial charge in [0, 0.05) is 6.04 Å². The molecule has 1 aliphatic rings. The quantitative estimate of drug-likeness (QED) is 0.680. The van der Waals surface area contributed by atoms with E-state index in [4.69, 9.17) is 0 Å². The van der Waals surface area contributed by atoms with E-state index < -0.39 is 10.7 Å². The molecule has 0 saturated heterocycles. The van der Waals surface area contributed by atoms with Gasteiger partial charge in [0.15, 0.2) is 0 Å². The predicted molar refractivity (Wildman–Crippen MR) is 78.9 cm³/mol. The van der Waals surface area contributed by atoms with Crippen molar-refractivity contribution in [3.8, 4) is 0 Å². The van der Waals surface area contributed by atoms with Gasteiger partial charge in [-0.1, -0.05) is 30.3 Å². The molecule has 108 valence electrons. The Morgan fingerprint density at radius 2 is 1.86 bits per heavy atom. The summed E-state index contributed by atoms with van der Waals surface area (Å²) < 4.78 is 13.1. The molecule has 21 heavy (non-hydrogen) atoms. The molecule has 1 aliphatic carbocycles. The lowest BCUT2D eigenvalue weighted by Gasteiger charge is -2.36. The number of anilines is 1. The molecule has 1 saturated carbocycles. The summed E-state index contributed by atoms with van der Waals surface area (Å²) in [5.74, 6) is -0.105. The van der Waals surface area contributed by atoms with Gasteiger partial charge in [-0.05, 0) is 36.5 Å². The van der Waals surface area contributed by atoms with Crippen molar-refractivity contribution in [3.05, 3.63) is 70.0 Å². The third-order valence-electron chi connectivity index (χ3n) is 3.93. The molecule has 5 heteroatoms. The van der Waals surface area contributed by atoms with Crippen molar-refractivity contribution < 1.29 is 9.31 Å². The largest absolute Gasteiger partial charge is 0.377 e. The van der Waals surface area contributed by atoms with Gasteiger partial charge in [0.05, 0.1) is 11.0 Å². The van der Waals surface area contributed by atoms with Gasteiger partial charge in [-0.25, -0.2) is 4.39 Å². The number of nitrogens with one attached hydrogen (secondary N) is 1. The molecule has 0 amide bonds. The summed E-state index contributed by atoms with van der Waals surface area (Å²) in [6.45, 7) is 0. The predicted octanol–water partition coefficient (Wildman–Crippen LogP) is 4.09. The van der Waals surface area contributed by atoms with Crippen molar-refractivity contribution in [1.29, 1.82) is 0 Å². The number of benzene rings is 2. The highest BCUT2D eigenvalue weighted by molar-refractivity contribution is 5.62. The fourth-order valence-electron chi connectivity index (χ4n) is 2.73. The van der Waals surface area contributed by atoms with Crippen molar-refractivity contribution in [1.82, 2.24) is 0 Å². The molecule has 4 nitrogen and oxygen atoms in total. The minimum absolute atomic E-state index is 0.194. The van der Waals surface area contributed by atoms with E-state index in [1.807, 2.05) is 18.2 Å². The lowest BCUT2D eigenvalue weighted by molar-refractivity contribution is -0.384. The summed E-state index contributed by atoms with van der Waals surface area (Å²) in [4.78, 5) is 10.4. The maximum atomic E-state index is 13.1. The molecule has 2 aromatic rings. The maximum absolute atomic E-state index is 13.1. The molecule has 0 spiro atoms. The summed E-state index contributed by atoms with van der Waals surface area (Å²) in [6, 6.07) is 14.0. The van der Waals surface area contributed by atoms with E-state index in [2.05, 4.69) is 17.4 Å². The smallest absolute Gasteiger partial charge is 0.295 e. The first kappa shape index (κ1) is 13.5. The van der Waals surface area contributed by atoms with Crippen LogP contribution in [0.4, 0.5) is 15.8 Å². The molecule has 0 aliphatic heterocycles. The second-order valence-corrected chi connectivity index (χ2v) is 5.34. The number of nitro benzene ring substituents is 1. The van der Waals surface area contributed by atoms with Gasteiger partial charge in [0.1, 0.15) is 11.5 Å². The Labute approximate surface area is 121 Å². The number of rotatable bonds is 4. The van der Waals surface area contributed by atoms with Crippen LogP contribution in [0.5, 0.6) is 0 Å². The monoisotopic (exact) mass is 286 g/mol. The van der Waals surface area contributed by atoms with Crippen LogP contribution >= 0.6 is 0 Å². The van der Waals surface area contributed by atoms with Gasteiger partial charge in [-0.3, -0.25) is 10.1 Å². The van der Waals surface area contributed by atoms with E-state index in [0.29, 0.717) is 11.6 Å². The number of nitrogens with zero attached hydrogens (tertiary/aromatic N) is 1. The molecule has 0 heterocycles. The van der Waals surface area contributed by atoms with Gasteiger partial charge < -0.3 is 5.32 Å². The number of halogens is 1. The molecule has 1 N–H and O–H groups in total. The summed E-state index contributed by atoms with van der Waals surface area (Å²) in [7, 11) is 0. The molecule has 0 atom stereocenters. The van der Waals surface area contributed by atoms with Gasteiger partial charge in [0.2, 0.25) is 0 Å². The van der Waals surface area contributed by atoms with Crippen LogP contribution in [0.2, 0.25) is 0 Å². The average Bonchev–Trinajstić information content (AvgIpc) is 2.44. The van der Waals surface area contributed by atoms with Crippen LogP contribution in [-0.2, 0) is 0 Å². The van der Waals surface area contributed by atoms with Crippen molar-refractivity contribution in [2.24, 2.45) is 0 Å². The molecular formula is C16H15FN2O2. The number of nitro groups is 1. The van der Waals surface area contributed by atoms with Crippen LogP contribution in [0.25, 0.3) is 0 Å². The van der Waals surface area contributed by atoms with E-state index in [9.17, 15) is 14.5 Å². The normalized spacial score (nSPS) is 20.6. The second-order valence-electron chi connectivity index (χ2n) is 5.34. The zero-order valence-electron chi connectivity index (χ0n) is 11.3. The van der Waals surface area contributed by atoms with Gasteiger partial charge in [0.25, 0.3) is 5.69 Å². The maximum Gasteiger partial charge on any atom is 0.295 e. The molecule has 0 aromatic heterocycles. The van der Waals surface area contributed by atoms with Crippen LogP contribution in [-0.4, -0.2) is 11.0 Å². The first-order valence-electron chi connectivity index (χ1n) is 6.89. The van der Waals surface area contributed by atoms with Gasteiger partial charge in [-0.2, -0.15) is 0 Å². The van der Waals surface area contributed by atoms with Crippen molar-refractivity contribution in [3.63, 3.8) is 0 Å². The first-order valence-corrected chi connectivity index (χ1v) is 6.89. The van der Waals surface area contributed by atoms with Crippen molar-refractivity contribution in [2.45, 2.75) is 24.8 Å². The zero-order valence-corrected chi connectivity index (χ0v) is 11.3. The third kappa shape index (κ3) is 2.86. The fraction of sp³-hybridized carbons (Fsp3) is 0.250. The van der Waals surface area contributed by atoms with E-state index in [-0.39, 0.29) is 11.7 Å². The molecule has 0 bridgehead atoms. The molecule has 0 radical (unpaired) electrons. The summed E-state index contributed by atoms with van der Waals surface area (Å²) in [6.07, 6.45) is 1.86. The topological polar surface area (TPSA) is 55.2 Å². The molecular weight excluding hydrogens is 271 g/mol. The molecule has 1 fully saturated rings. The highest BCUT2D eigenvalue weighted by Gasteiger charge is 2.31. The van der Waals surface area contributed by atoms with E-state index in [0.717, 1.165) is 18.9 Å². The number of hydrogen-bond acceptors (Lipinski definition) is 3. The van der Waals surface area contributed by atoms with E-state index in [1.54, 1.807) is 0 Å². The minimum Gasteiger partial charge on any atom is -0.377 e. The van der Waals surface area contributed by atoms with E-state index >= 15 is 0 Å². The molecule has 3 rings (SSSR count). The highest BCUT2D eigenvalue weighted by atomic mass is 19.1. The van der Waals surface area contributed by atoms with Crippen LogP contribution in [0, 0.1) is 15.9 Å². The lowest BCUT2D eigenvalue weighted by atomic mass is 9.76. The fourth-order valence-corrected chi connectivity index (χ4v) is 2.73. The van der Waals surface area contributed by atoms with Crippen LogP contribution in [0.15, 0.2) is 48.5 Å². The molecule has 2 aromatic carbocycles. The first-order chi connectivity index (χ1) is 10.1.